The van der Waals surface area contributed by atoms with Gasteiger partial charge in [0.15, 0.2) is 0 Å². The number of benzene rings is 1. The maximum atomic E-state index is 12.9. The Hall–Kier alpha value is -3.19. The minimum atomic E-state index is -0.221. The van der Waals surface area contributed by atoms with Gasteiger partial charge in [-0.15, -0.1) is 0 Å². The number of nitrogens with two attached hydrogens (primary N) is 1. The topological polar surface area (TPSA) is 95.1 Å². The van der Waals surface area contributed by atoms with Crippen molar-refractivity contribution in [2.75, 3.05) is 5.73 Å². The van der Waals surface area contributed by atoms with E-state index >= 15 is 0 Å². The maximum absolute atomic E-state index is 12.9. The monoisotopic (exact) mass is 391 g/mol. The largest absolute Gasteiger partial charge is 0.383 e. The van der Waals surface area contributed by atoms with E-state index in [0.717, 1.165) is 36.0 Å². The van der Waals surface area contributed by atoms with Crippen molar-refractivity contribution in [3.8, 4) is 11.1 Å². The molecule has 1 saturated carbocycles. The summed E-state index contributed by atoms with van der Waals surface area (Å²) in [5.74, 6) is -0.00385. The lowest BCUT2D eigenvalue weighted by molar-refractivity contribution is 0.0272. The minimum absolute atomic E-state index is 0.00477. The van der Waals surface area contributed by atoms with Gasteiger partial charge in [-0.05, 0) is 30.9 Å². The average Bonchev–Trinajstić information content (AvgIpc) is 3.36. The van der Waals surface area contributed by atoms with E-state index in [1.54, 1.807) is 23.1 Å². The Balaban J connectivity index is 1.44. The minimum Gasteiger partial charge on any atom is -0.383 e. The van der Waals surface area contributed by atoms with Gasteiger partial charge in [0.2, 0.25) is 0 Å². The molecule has 2 heterocycles. The number of hydrogen-bond acceptors (Lipinski definition) is 5. The first-order chi connectivity index (χ1) is 14.1. The number of hydrogen-bond donors (Lipinski definition) is 2. The summed E-state index contributed by atoms with van der Waals surface area (Å²) in [5.41, 5.74) is 9.19. The number of ether oxygens (including phenoxy) is 1. The SMILES string of the molecule is Cn1cc(-c2cnc(N)c(C(=O)NC3CCCC3OCc3ccccc3)c2)cn1. The zero-order chi connectivity index (χ0) is 20.2. The van der Waals surface area contributed by atoms with Crippen molar-refractivity contribution in [3.05, 3.63) is 66.1 Å². The van der Waals surface area contributed by atoms with Gasteiger partial charge in [0.1, 0.15) is 5.82 Å². The van der Waals surface area contributed by atoms with Gasteiger partial charge in [0.05, 0.1) is 30.5 Å². The Kier molecular flexibility index (Phi) is 5.57. The van der Waals surface area contributed by atoms with Gasteiger partial charge in [-0.1, -0.05) is 30.3 Å². The van der Waals surface area contributed by atoms with Gasteiger partial charge < -0.3 is 15.8 Å². The molecule has 7 heteroatoms. The van der Waals surface area contributed by atoms with Crippen molar-refractivity contribution in [1.82, 2.24) is 20.1 Å². The fourth-order valence-electron chi connectivity index (χ4n) is 3.70. The number of carbonyl (C=O) groups is 1. The number of aromatic nitrogens is 3. The molecule has 1 fully saturated rings. The van der Waals surface area contributed by atoms with Crippen LogP contribution in [0.3, 0.4) is 0 Å². The number of pyridine rings is 1. The van der Waals surface area contributed by atoms with Crippen molar-refractivity contribution >= 4 is 11.7 Å². The van der Waals surface area contributed by atoms with E-state index in [9.17, 15) is 4.79 Å². The number of carbonyl (C=O) groups excluding carboxylic acids is 1. The van der Waals surface area contributed by atoms with Crippen LogP contribution in [0, 0.1) is 0 Å². The summed E-state index contributed by atoms with van der Waals surface area (Å²) in [6, 6.07) is 11.8. The molecule has 0 spiro atoms. The summed E-state index contributed by atoms with van der Waals surface area (Å²) >= 11 is 0. The average molecular weight is 391 g/mol. The highest BCUT2D eigenvalue weighted by atomic mass is 16.5. The molecule has 0 aliphatic heterocycles. The van der Waals surface area contributed by atoms with Gasteiger partial charge in [0.25, 0.3) is 5.91 Å². The third-order valence-corrected chi connectivity index (χ3v) is 5.28. The second kappa shape index (κ2) is 8.45. The van der Waals surface area contributed by atoms with Crippen LogP contribution in [0.15, 0.2) is 55.0 Å². The molecule has 1 aromatic carbocycles. The molecule has 2 atom stereocenters. The first kappa shape index (κ1) is 19.1. The lowest BCUT2D eigenvalue weighted by Crippen LogP contribution is -2.41. The van der Waals surface area contributed by atoms with Crippen LogP contribution >= 0.6 is 0 Å². The van der Waals surface area contributed by atoms with E-state index in [-0.39, 0.29) is 23.9 Å². The highest BCUT2D eigenvalue weighted by Crippen LogP contribution is 2.25. The van der Waals surface area contributed by atoms with Gasteiger partial charge in [0, 0.05) is 30.6 Å². The predicted molar refractivity (Wildman–Crippen MR) is 111 cm³/mol. The van der Waals surface area contributed by atoms with E-state index in [2.05, 4.69) is 15.4 Å². The van der Waals surface area contributed by atoms with Gasteiger partial charge in [-0.25, -0.2) is 4.98 Å². The zero-order valence-corrected chi connectivity index (χ0v) is 16.4. The van der Waals surface area contributed by atoms with Crippen LogP contribution in [0.4, 0.5) is 5.82 Å². The van der Waals surface area contributed by atoms with E-state index in [0.29, 0.717) is 12.2 Å². The molecule has 0 bridgehead atoms. The number of rotatable bonds is 6. The highest BCUT2D eigenvalue weighted by molar-refractivity contribution is 5.99. The van der Waals surface area contributed by atoms with Crippen LogP contribution in [0.1, 0.15) is 35.2 Å². The number of nitrogens with one attached hydrogen (secondary N) is 1. The maximum Gasteiger partial charge on any atom is 0.255 e. The molecule has 1 amide bonds. The Morgan fingerprint density at radius 2 is 2.07 bits per heavy atom. The Bertz CT molecular complexity index is 986. The first-order valence-corrected chi connectivity index (χ1v) is 9.81. The number of nitrogens with zero attached hydrogens (tertiary/aromatic N) is 3. The van der Waals surface area contributed by atoms with E-state index in [1.165, 1.54) is 0 Å². The number of anilines is 1. The third-order valence-electron chi connectivity index (χ3n) is 5.28. The molecule has 4 rings (SSSR count). The first-order valence-electron chi connectivity index (χ1n) is 9.81. The molecule has 0 radical (unpaired) electrons. The van der Waals surface area contributed by atoms with Crippen molar-refractivity contribution in [2.24, 2.45) is 7.05 Å². The summed E-state index contributed by atoms with van der Waals surface area (Å²) in [5, 5.41) is 7.27. The fourth-order valence-corrected chi connectivity index (χ4v) is 3.70. The Morgan fingerprint density at radius 3 is 2.83 bits per heavy atom. The van der Waals surface area contributed by atoms with Crippen LogP contribution in [0.25, 0.3) is 11.1 Å². The molecule has 0 saturated heterocycles. The molecule has 1 aliphatic rings. The van der Waals surface area contributed by atoms with Crippen molar-refractivity contribution in [3.63, 3.8) is 0 Å². The lowest BCUT2D eigenvalue weighted by atomic mass is 10.1. The van der Waals surface area contributed by atoms with E-state index < -0.39 is 0 Å². The Labute approximate surface area is 169 Å². The fraction of sp³-hybridized carbons (Fsp3) is 0.318. The van der Waals surface area contributed by atoms with Crippen LogP contribution in [-0.4, -0.2) is 32.8 Å². The summed E-state index contributed by atoms with van der Waals surface area (Å²) < 4.78 is 7.80. The Morgan fingerprint density at radius 1 is 1.24 bits per heavy atom. The quantitative estimate of drug-likeness (QED) is 0.674. The third kappa shape index (κ3) is 4.46. The number of aryl methyl sites for hydroxylation is 1. The van der Waals surface area contributed by atoms with Crippen LogP contribution in [0.5, 0.6) is 0 Å². The number of amides is 1. The molecule has 1 aliphatic carbocycles. The van der Waals surface area contributed by atoms with Gasteiger partial charge >= 0.3 is 0 Å². The van der Waals surface area contributed by atoms with Crippen molar-refractivity contribution < 1.29 is 9.53 Å². The summed E-state index contributed by atoms with van der Waals surface area (Å²) in [4.78, 5) is 17.1. The zero-order valence-electron chi connectivity index (χ0n) is 16.4. The van der Waals surface area contributed by atoms with Crippen LogP contribution < -0.4 is 11.1 Å². The predicted octanol–water partition coefficient (Wildman–Crippen LogP) is 2.93. The van der Waals surface area contributed by atoms with Crippen molar-refractivity contribution in [1.29, 1.82) is 0 Å². The summed E-state index contributed by atoms with van der Waals surface area (Å²) in [7, 11) is 1.84. The molecular weight excluding hydrogens is 366 g/mol. The summed E-state index contributed by atoms with van der Waals surface area (Å²) in [6.45, 7) is 0.540. The summed E-state index contributed by atoms with van der Waals surface area (Å²) in [6.07, 6.45) is 8.11. The molecular formula is C22H25N5O2. The molecule has 2 unspecified atom stereocenters. The second-order valence-corrected chi connectivity index (χ2v) is 7.41. The van der Waals surface area contributed by atoms with Crippen LogP contribution in [0.2, 0.25) is 0 Å². The number of nitrogen functional groups attached to an aromatic ring is 1. The standard InChI is InChI=1S/C22H25N5O2/c1-27-13-17(12-25-27)16-10-18(21(23)24-11-16)22(28)26-19-8-5-9-20(19)29-14-15-6-3-2-4-7-15/h2-4,6-7,10-13,19-20H,5,8-9,14H2,1H3,(H2,23,24)(H,26,28). The van der Waals surface area contributed by atoms with Gasteiger partial charge in [-0.3, -0.25) is 9.48 Å². The van der Waals surface area contributed by atoms with Crippen LogP contribution in [-0.2, 0) is 18.4 Å². The molecule has 7 nitrogen and oxygen atoms in total. The van der Waals surface area contributed by atoms with E-state index in [4.69, 9.17) is 10.5 Å². The molecule has 3 aromatic rings. The molecule has 150 valence electrons. The van der Waals surface area contributed by atoms with Gasteiger partial charge in [-0.2, -0.15) is 5.10 Å². The normalized spacial score (nSPS) is 18.7. The molecule has 2 aromatic heterocycles. The van der Waals surface area contributed by atoms with Crippen molar-refractivity contribution in [2.45, 2.75) is 38.0 Å². The highest BCUT2D eigenvalue weighted by Gasteiger charge is 2.30. The van der Waals surface area contributed by atoms with E-state index in [1.807, 2.05) is 43.6 Å². The molecule has 3 N–H and O–H groups in total. The molecule has 29 heavy (non-hydrogen) atoms. The smallest absolute Gasteiger partial charge is 0.255 e. The lowest BCUT2D eigenvalue weighted by Gasteiger charge is -2.22. The second-order valence-electron chi connectivity index (χ2n) is 7.41.